The van der Waals surface area contributed by atoms with Gasteiger partial charge in [0.25, 0.3) is 0 Å². The summed E-state index contributed by atoms with van der Waals surface area (Å²) >= 11 is 0. The van der Waals surface area contributed by atoms with E-state index in [1.165, 1.54) is 43.2 Å². The Kier molecular flexibility index (Phi) is 4.00. The fourth-order valence-corrected chi connectivity index (χ4v) is 2.73. The maximum Gasteiger partial charge on any atom is 0.00509 e. The minimum Gasteiger partial charge on any atom is -0.328 e. The molecule has 0 heterocycles. The van der Waals surface area contributed by atoms with Crippen LogP contribution in [-0.2, 0) is 6.42 Å². The van der Waals surface area contributed by atoms with Crippen molar-refractivity contribution in [1.29, 1.82) is 0 Å². The van der Waals surface area contributed by atoms with E-state index in [-0.39, 0.29) is 6.04 Å². The van der Waals surface area contributed by atoms with Crippen molar-refractivity contribution >= 4 is 0 Å². The van der Waals surface area contributed by atoms with Gasteiger partial charge in [-0.15, -0.1) is 0 Å². The predicted octanol–water partition coefficient (Wildman–Crippen LogP) is 3.62. The standard InChI is InChI=1S/C15H23N/c1-12(16)11-13-7-9-15(10-8-13)14-5-3-2-4-6-14/h7-10,12,14H,2-6,11,16H2,1H3. The van der Waals surface area contributed by atoms with Crippen LogP contribution in [0.5, 0.6) is 0 Å². The Bertz CT molecular complexity index is 307. The summed E-state index contributed by atoms with van der Waals surface area (Å²) < 4.78 is 0. The summed E-state index contributed by atoms with van der Waals surface area (Å²) in [5.41, 5.74) is 8.71. The SMILES string of the molecule is CC(N)Cc1ccc(C2CCCCC2)cc1. The van der Waals surface area contributed by atoms with Gasteiger partial charge in [-0.1, -0.05) is 43.5 Å². The molecule has 0 saturated heterocycles. The lowest BCUT2D eigenvalue weighted by Crippen LogP contribution is -2.17. The molecule has 1 aromatic carbocycles. The fraction of sp³-hybridized carbons (Fsp3) is 0.600. The van der Waals surface area contributed by atoms with Gasteiger partial charge in [0.05, 0.1) is 0 Å². The summed E-state index contributed by atoms with van der Waals surface area (Å²) in [6.07, 6.45) is 8.00. The lowest BCUT2D eigenvalue weighted by Gasteiger charge is -2.22. The highest BCUT2D eigenvalue weighted by atomic mass is 14.6. The number of rotatable bonds is 3. The van der Waals surface area contributed by atoms with Crippen molar-refractivity contribution in [2.45, 2.75) is 57.4 Å². The molecule has 1 heteroatoms. The van der Waals surface area contributed by atoms with Gasteiger partial charge in [-0.3, -0.25) is 0 Å². The van der Waals surface area contributed by atoms with Crippen molar-refractivity contribution in [3.8, 4) is 0 Å². The Labute approximate surface area is 99.0 Å². The molecule has 0 radical (unpaired) electrons. The van der Waals surface area contributed by atoms with Crippen molar-refractivity contribution in [2.24, 2.45) is 5.73 Å². The van der Waals surface area contributed by atoms with E-state index in [4.69, 9.17) is 5.73 Å². The molecule has 88 valence electrons. The van der Waals surface area contributed by atoms with Crippen LogP contribution in [0.25, 0.3) is 0 Å². The van der Waals surface area contributed by atoms with E-state index < -0.39 is 0 Å². The van der Waals surface area contributed by atoms with E-state index in [9.17, 15) is 0 Å². The Morgan fingerprint density at radius 1 is 1.12 bits per heavy atom. The average molecular weight is 217 g/mol. The maximum atomic E-state index is 5.81. The monoisotopic (exact) mass is 217 g/mol. The third kappa shape index (κ3) is 3.08. The predicted molar refractivity (Wildman–Crippen MR) is 69.6 cm³/mol. The molecule has 1 saturated carbocycles. The average Bonchev–Trinajstić information content (AvgIpc) is 2.30. The quantitative estimate of drug-likeness (QED) is 0.822. The second kappa shape index (κ2) is 5.49. The highest BCUT2D eigenvalue weighted by molar-refractivity contribution is 5.26. The zero-order valence-corrected chi connectivity index (χ0v) is 10.3. The molecule has 16 heavy (non-hydrogen) atoms. The molecular weight excluding hydrogens is 194 g/mol. The maximum absolute atomic E-state index is 5.81. The topological polar surface area (TPSA) is 26.0 Å². The Morgan fingerprint density at radius 3 is 2.31 bits per heavy atom. The normalized spacial score (nSPS) is 19.6. The van der Waals surface area contributed by atoms with Crippen LogP contribution in [0.4, 0.5) is 0 Å². The van der Waals surface area contributed by atoms with Crippen LogP contribution in [0.1, 0.15) is 56.1 Å². The van der Waals surface area contributed by atoms with Gasteiger partial charge in [0.15, 0.2) is 0 Å². The van der Waals surface area contributed by atoms with Crippen molar-refractivity contribution in [1.82, 2.24) is 0 Å². The van der Waals surface area contributed by atoms with Crippen LogP contribution in [0.3, 0.4) is 0 Å². The minimum atomic E-state index is 0.264. The van der Waals surface area contributed by atoms with Gasteiger partial charge in [-0.05, 0) is 43.2 Å². The summed E-state index contributed by atoms with van der Waals surface area (Å²) in [7, 11) is 0. The van der Waals surface area contributed by atoms with Crippen LogP contribution >= 0.6 is 0 Å². The van der Waals surface area contributed by atoms with E-state index in [1.54, 1.807) is 0 Å². The van der Waals surface area contributed by atoms with Gasteiger partial charge in [0.1, 0.15) is 0 Å². The van der Waals surface area contributed by atoms with Crippen LogP contribution in [-0.4, -0.2) is 6.04 Å². The molecule has 1 nitrogen and oxygen atoms in total. The van der Waals surface area contributed by atoms with Gasteiger partial charge in [-0.25, -0.2) is 0 Å². The third-order valence-corrected chi connectivity index (χ3v) is 3.61. The van der Waals surface area contributed by atoms with E-state index in [0.29, 0.717) is 0 Å². The zero-order chi connectivity index (χ0) is 11.4. The van der Waals surface area contributed by atoms with Gasteiger partial charge >= 0.3 is 0 Å². The molecule has 1 fully saturated rings. The summed E-state index contributed by atoms with van der Waals surface area (Å²) in [5.74, 6) is 0.818. The molecule has 2 rings (SSSR count). The molecule has 0 spiro atoms. The minimum absolute atomic E-state index is 0.264. The van der Waals surface area contributed by atoms with Gasteiger partial charge in [0, 0.05) is 6.04 Å². The lowest BCUT2D eigenvalue weighted by molar-refractivity contribution is 0.443. The van der Waals surface area contributed by atoms with E-state index in [1.807, 2.05) is 0 Å². The fourth-order valence-electron chi connectivity index (χ4n) is 2.73. The van der Waals surface area contributed by atoms with Crippen LogP contribution in [0.15, 0.2) is 24.3 Å². The number of benzene rings is 1. The highest BCUT2D eigenvalue weighted by Gasteiger charge is 2.14. The molecule has 1 aromatic rings. The summed E-state index contributed by atoms with van der Waals surface area (Å²) in [5, 5.41) is 0. The van der Waals surface area contributed by atoms with Crippen molar-refractivity contribution < 1.29 is 0 Å². The first-order valence-electron chi connectivity index (χ1n) is 6.60. The molecule has 1 unspecified atom stereocenters. The van der Waals surface area contributed by atoms with Gasteiger partial charge in [-0.2, -0.15) is 0 Å². The van der Waals surface area contributed by atoms with Crippen LogP contribution in [0.2, 0.25) is 0 Å². The molecule has 1 atom stereocenters. The van der Waals surface area contributed by atoms with Crippen LogP contribution in [0, 0.1) is 0 Å². The molecule has 0 aliphatic heterocycles. The number of hydrogen-bond acceptors (Lipinski definition) is 1. The van der Waals surface area contributed by atoms with Crippen molar-refractivity contribution in [3.05, 3.63) is 35.4 Å². The molecule has 0 aromatic heterocycles. The first kappa shape index (κ1) is 11.7. The van der Waals surface area contributed by atoms with Crippen molar-refractivity contribution in [3.63, 3.8) is 0 Å². The van der Waals surface area contributed by atoms with Gasteiger partial charge in [0.2, 0.25) is 0 Å². The molecule has 1 aliphatic carbocycles. The summed E-state index contributed by atoms with van der Waals surface area (Å²) in [6.45, 7) is 2.06. The molecule has 0 amide bonds. The Morgan fingerprint density at radius 2 is 1.75 bits per heavy atom. The Balaban J connectivity index is 2.00. The first-order valence-corrected chi connectivity index (χ1v) is 6.60. The van der Waals surface area contributed by atoms with Gasteiger partial charge < -0.3 is 5.73 Å². The van der Waals surface area contributed by atoms with E-state index in [0.717, 1.165) is 12.3 Å². The molecular formula is C15H23N. The second-order valence-corrected chi connectivity index (χ2v) is 5.26. The Hall–Kier alpha value is -0.820. The van der Waals surface area contributed by atoms with Crippen molar-refractivity contribution in [2.75, 3.05) is 0 Å². The molecule has 1 aliphatic rings. The largest absolute Gasteiger partial charge is 0.328 e. The highest BCUT2D eigenvalue weighted by Crippen LogP contribution is 2.32. The summed E-state index contributed by atoms with van der Waals surface area (Å²) in [4.78, 5) is 0. The third-order valence-electron chi connectivity index (χ3n) is 3.61. The molecule has 0 bridgehead atoms. The lowest BCUT2D eigenvalue weighted by atomic mass is 9.84. The second-order valence-electron chi connectivity index (χ2n) is 5.26. The first-order chi connectivity index (χ1) is 7.75. The molecule has 2 N–H and O–H groups in total. The number of nitrogens with two attached hydrogens (primary N) is 1. The van der Waals surface area contributed by atoms with E-state index in [2.05, 4.69) is 31.2 Å². The zero-order valence-electron chi connectivity index (χ0n) is 10.3. The van der Waals surface area contributed by atoms with E-state index >= 15 is 0 Å². The van der Waals surface area contributed by atoms with Crippen LogP contribution < -0.4 is 5.73 Å². The number of hydrogen-bond donors (Lipinski definition) is 1. The smallest absolute Gasteiger partial charge is 0.00509 e. The summed E-state index contributed by atoms with van der Waals surface area (Å²) in [6, 6.07) is 9.41.